The van der Waals surface area contributed by atoms with Crippen molar-refractivity contribution < 1.29 is 4.74 Å². The van der Waals surface area contributed by atoms with Crippen molar-refractivity contribution >= 4 is 0 Å². The van der Waals surface area contributed by atoms with Gasteiger partial charge in [-0.15, -0.1) is 0 Å². The van der Waals surface area contributed by atoms with E-state index in [0.29, 0.717) is 11.3 Å². The number of benzene rings is 1. The van der Waals surface area contributed by atoms with Crippen LogP contribution in [-0.2, 0) is 4.74 Å². The molecule has 17 heavy (non-hydrogen) atoms. The maximum atomic E-state index is 5.69. The fourth-order valence-corrected chi connectivity index (χ4v) is 3.34. The number of hydrogen-bond donors (Lipinski definition) is 1. The Labute approximate surface area is 103 Å². The van der Waals surface area contributed by atoms with Crippen LogP contribution in [0.5, 0.6) is 0 Å². The van der Waals surface area contributed by atoms with Gasteiger partial charge >= 0.3 is 0 Å². The zero-order valence-corrected chi connectivity index (χ0v) is 10.5. The van der Waals surface area contributed by atoms with Crippen LogP contribution < -0.4 is 5.32 Å². The summed E-state index contributed by atoms with van der Waals surface area (Å²) >= 11 is 0. The molecule has 0 amide bonds. The van der Waals surface area contributed by atoms with Crippen LogP contribution in [0, 0.1) is 12.3 Å². The molecule has 0 radical (unpaired) electrons. The molecule has 2 aliphatic rings. The summed E-state index contributed by atoms with van der Waals surface area (Å²) in [5, 5.41) is 3.54. The normalized spacial score (nSPS) is 33.1. The van der Waals surface area contributed by atoms with E-state index >= 15 is 0 Å². The fourth-order valence-electron chi connectivity index (χ4n) is 3.34. The summed E-state index contributed by atoms with van der Waals surface area (Å²) in [7, 11) is 0. The standard InChI is InChI=1S/C15H21NO/c1-12-2-4-13(5-3-12)14-10-16-8-6-15(14)7-9-17-11-15/h2-5,14,16H,6-11H2,1H3. The Morgan fingerprint density at radius 2 is 2.06 bits per heavy atom. The minimum absolute atomic E-state index is 0.403. The lowest BCUT2D eigenvalue weighted by Crippen LogP contribution is -2.44. The molecule has 3 rings (SSSR count). The predicted molar refractivity (Wildman–Crippen MR) is 69.3 cm³/mol. The van der Waals surface area contributed by atoms with Crippen molar-refractivity contribution in [2.24, 2.45) is 5.41 Å². The quantitative estimate of drug-likeness (QED) is 0.801. The Morgan fingerprint density at radius 1 is 1.24 bits per heavy atom. The lowest BCUT2D eigenvalue weighted by molar-refractivity contribution is 0.110. The topological polar surface area (TPSA) is 21.3 Å². The first kappa shape index (κ1) is 11.2. The first-order valence-corrected chi connectivity index (χ1v) is 6.65. The molecule has 0 aliphatic carbocycles. The number of nitrogens with one attached hydrogen (secondary N) is 1. The Kier molecular flexibility index (Phi) is 2.93. The highest BCUT2D eigenvalue weighted by atomic mass is 16.5. The van der Waals surface area contributed by atoms with Gasteiger partial charge in [-0.25, -0.2) is 0 Å². The highest BCUT2D eigenvalue weighted by molar-refractivity contribution is 5.27. The van der Waals surface area contributed by atoms with Gasteiger partial charge in [-0.3, -0.25) is 0 Å². The number of hydrogen-bond acceptors (Lipinski definition) is 2. The number of rotatable bonds is 1. The van der Waals surface area contributed by atoms with Crippen LogP contribution in [0.1, 0.15) is 29.9 Å². The van der Waals surface area contributed by atoms with Gasteiger partial charge in [0.1, 0.15) is 0 Å². The van der Waals surface area contributed by atoms with Crippen LogP contribution >= 0.6 is 0 Å². The maximum Gasteiger partial charge on any atom is 0.0530 e. The predicted octanol–water partition coefficient (Wildman–Crippen LogP) is 2.48. The van der Waals surface area contributed by atoms with E-state index in [9.17, 15) is 0 Å². The second-order valence-corrected chi connectivity index (χ2v) is 5.58. The van der Waals surface area contributed by atoms with Crippen LogP contribution in [0.25, 0.3) is 0 Å². The van der Waals surface area contributed by atoms with Crippen molar-refractivity contribution in [2.45, 2.75) is 25.7 Å². The average molecular weight is 231 g/mol. The van der Waals surface area contributed by atoms with Crippen LogP contribution in [-0.4, -0.2) is 26.3 Å². The molecular formula is C15H21NO. The molecule has 2 atom stereocenters. The van der Waals surface area contributed by atoms with Crippen molar-refractivity contribution in [3.8, 4) is 0 Å². The lowest BCUT2D eigenvalue weighted by atomic mass is 9.67. The van der Waals surface area contributed by atoms with Crippen molar-refractivity contribution in [1.82, 2.24) is 5.32 Å². The van der Waals surface area contributed by atoms with Gasteiger partial charge in [-0.1, -0.05) is 29.8 Å². The fraction of sp³-hybridized carbons (Fsp3) is 0.600. The molecule has 92 valence electrons. The van der Waals surface area contributed by atoms with Gasteiger partial charge in [0.15, 0.2) is 0 Å². The van der Waals surface area contributed by atoms with Crippen LogP contribution in [0.15, 0.2) is 24.3 Å². The molecule has 1 aromatic rings. The molecular weight excluding hydrogens is 210 g/mol. The largest absolute Gasteiger partial charge is 0.381 e. The molecule has 1 spiro atoms. The molecule has 0 bridgehead atoms. The Morgan fingerprint density at radius 3 is 2.76 bits per heavy atom. The van der Waals surface area contributed by atoms with Gasteiger partial charge < -0.3 is 10.1 Å². The van der Waals surface area contributed by atoms with Gasteiger partial charge in [0.2, 0.25) is 0 Å². The summed E-state index contributed by atoms with van der Waals surface area (Å²) in [6.45, 7) is 6.30. The van der Waals surface area contributed by atoms with E-state index in [1.54, 1.807) is 0 Å². The van der Waals surface area contributed by atoms with Gasteiger partial charge in [0.05, 0.1) is 6.61 Å². The molecule has 1 N–H and O–H groups in total. The third-order valence-electron chi connectivity index (χ3n) is 4.50. The Hall–Kier alpha value is -0.860. The summed E-state index contributed by atoms with van der Waals surface area (Å²) in [6.07, 6.45) is 2.48. The number of aryl methyl sites for hydroxylation is 1. The minimum atomic E-state index is 0.403. The van der Waals surface area contributed by atoms with Crippen molar-refractivity contribution in [3.05, 3.63) is 35.4 Å². The molecule has 2 aliphatic heterocycles. The van der Waals surface area contributed by atoms with Crippen molar-refractivity contribution in [3.63, 3.8) is 0 Å². The molecule has 0 saturated carbocycles. The lowest BCUT2D eigenvalue weighted by Gasteiger charge is -2.41. The highest BCUT2D eigenvalue weighted by Gasteiger charge is 2.44. The van der Waals surface area contributed by atoms with Gasteiger partial charge in [-0.05, 0) is 31.9 Å². The second-order valence-electron chi connectivity index (χ2n) is 5.58. The summed E-state index contributed by atoms with van der Waals surface area (Å²) in [5.74, 6) is 0.624. The van der Waals surface area contributed by atoms with Crippen LogP contribution in [0.2, 0.25) is 0 Å². The molecule has 2 fully saturated rings. The van der Waals surface area contributed by atoms with E-state index in [-0.39, 0.29) is 0 Å². The second kappa shape index (κ2) is 4.43. The molecule has 2 heterocycles. The van der Waals surface area contributed by atoms with Crippen molar-refractivity contribution in [1.29, 1.82) is 0 Å². The molecule has 2 unspecified atom stereocenters. The third kappa shape index (κ3) is 2.00. The number of ether oxygens (including phenoxy) is 1. The molecule has 2 saturated heterocycles. The maximum absolute atomic E-state index is 5.69. The van der Waals surface area contributed by atoms with E-state index in [1.807, 2.05) is 0 Å². The monoisotopic (exact) mass is 231 g/mol. The zero-order chi connectivity index (χ0) is 11.7. The van der Waals surface area contributed by atoms with Gasteiger partial charge in [0, 0.05) is 24.5 Å². The number of piperidine rings is 1. The first-order valence-electron chi connectivity index (χ1n) is 6.65. The average Bonchev–Trinajstić information content (AvgIpc) is 2.80. The van der Waals surface area contributed by atoms with Crippen molar-refractivity contribution in [2.75, 3.05) is 26.3 Å². The Balaban J connectivity index is 1.91. The minimum Gasteiger partial charge on any atom is -0.381 e. The van der Waals surface area contributed by atoms with E-state index < -0.39 is 0 Å². The van der Waals surface area contributed by atoms with Crippen LogP contribution in [0.4, 0.5) is 0 Å². The van der Waals surface area contributed by atoms with E-state index in [1.165, 1.54) is 24.0 Å². The summed E-state index contributed by atoms with van der Waals surface area (Å²) < 4.78 is 5.69. The smallest absolute Gasteiger partial charge is 0.0530 e. The Bertz CT molecular complexity index is 378. The SMILES string of the molecule is Cc1ccc(C2CNCCC23CCOC3)cc1. The van der Waals surface area contributed by atoms with Gasteiger partial charge in [0.25, 0.3) is 0 Å². The van der Waals surface area contributed by atoms with E-state index in [4.69, 9.17) is 4.74 Å². The molecule has 2 heteroatoms. The third-order valence-corrected chi connectivity index (χ3v) is 4.50. The molecule has 2 nitrogen and oxygen atoms in total. The van der Waals surface area contributed by atoms with E-state index in [0.717, 1.165) is 26.3 Å². The first-order chi connectivity index (χ1) is 8.30. The summed E-state index contributed by atoms with van der Waals surface area (Å²) in [5.41, 5.74) is 3.23. The molecule has 0 aromatic heterocycles. The van der Waals surface area contributed by atoms with Gasteiger partial charge in [-0.2, -0.15) is 0 Å². The van der Waals surface area contributed by atoms with E-state index in [2.05, 4.69) is 36.5 Å². The molecule has 1 aromatic carbocycles. The summed E-state index contributed by atoms with van der Waals surface area (Å²) in [6, 6.07) is 9.06. The highest BCUT2D eigenvalue weighted by Crippen LogP contribution is 2.46. The zero-order valence-electron chi connectivity index (χ0n) is 10.5. The van der Waals surface area contributed by atoms with Crippen LogP contribution in [0.3, 0.4) is 0 Å². The summed E-state index contributed by atoms with van der Waals surface area (Å²) in [4.78, 5) is 0.